The molecule has 1 aliphatic rings. The molecule has 3 heteroatoms. The molecule has 0 bridgehead atoms. The molecule has 0 aliphatic carbocycles. The van der Waals surface area contributed by atoms with Gasteiger partial charge in [0.1, 0.15) is 6.61 Å². The van der Waals surface area contributed by atoms with Gasteiger partial charge in [-0.1, -0.05) is 12.2 Å². The van der Waals surface area contributed by atoms with E-state index in [9.17, 15) is 4.79 Å². The van der Waals surface area contributed by atoms with Crippen molar-refractivity contribution in [3.8, 4) is 12.3 Å². The number of carbonyl (C=O) groups is 1. The third-order valence-corrected chi connectivity index (χ3v) is 1.71. The van der Waals surface area contributed by atoms with Gasteiger partial charge in [-0.25, -0.2) is 4.79 Å². The van der Waals surface area contributed by atoms with E-state index in [-0.39, 0.29) is 6.09 Å². The Bertz CT molecular complexity index is 297. The van der Waals surface area contributed by atoms with E-state index in [1.54, 1.807) is 11.8 Å². The van der Waals surface area contributed by atoms with E-state index in [1.165, 1.54) is 0 Å². The van der Waals surface area contributed by atoms with Crippen LogP contribution in [0.2, 0.25) is 0 Å². The molecular weight excluding hydrogens is 190 g/mol. The molecule has 0 spiro atoms. The van der Waals surface area contributed by atoms with E-state index in [0.29, 0.717) is 13.2 Å². The van der Waals surface area contributed by atoms with E-state index in [4.69, 9.17) is 4.74 Å². The summed E-state index contributed by atoms with van der Waals surface area (Å²) in [6, 6.07) is 0. The summed E-state index contributed by atoms with van der Waals surface area (Å²) in [4.78, 5) is 12.7. The second-order valence-corrected chi connectivity index (χ2v) is 2.77. The van der Waals surface area contributed by atoms with Crippen LogP contribution >= 0.6 is 0 Å². The van der Waals surface area contributed by atoms with Gasteiger partial charge in [-0.15, -0.1) is 12.3 Å². The average Bonchev–Trinajstić information content (AvgIpc) is 2.62. The van der Waals surface area contributed by atoms with Crippen molar-refractivity contribution >= 4 is 6.09 Å². The van der Waals surface area contributed by atoms with Crippen molar-refractivity contribution in [1.82, 2.24) is 4.90 Å². The van der Waals surface area contributed by atoms with Crippen molar-refractivity contribution in [2.75, 3.05) is 13.2 Å². The lowest BCUT2D eigenvalue weighted by Gasteiger charge is -2.12. The molecule has 3 nitrogen and oxygen atoms in total. The van der Waals surface area contributed by atoms with Crippen LogP contribution in [0.15, 0.2) is 23.9 Å². The molecule has 1 fully saturated rings. The number of amides is 1. The van der Waals surface area contributed by atoms with Crippen molar-refractivity contribution < 1.29 is 9.53 Å². The molecule has 0 unspecified atom stereocenters. The molecule has 82 valence electrons. The van der Waals surface area contributed by atoms with Crippen LogP contribution in [0.1, 0.15) is 20.8 Å². The van der Waals surface area contributed by atoms with Crippen molar-refractivity contribution in [2.45, 2.75) is 20.8 Å². The monoisotopic (exact) mass is 207 g/mol. The number of hydrogen-bond donors (Lipinski definition) is 0. The molecule has 15 heavy (non-hydrogen) atoms. The molecule has 0 atom stereocenters. The highest BCUT2D eigenvalue weighted by atomic mass is 16.6. The number of rotatable bonds is 2. The molecule has 0 aromatic heterocycles. The van der Waals surface area contributed by atoms with Crippen LogP contribution in [-0.4, -0.2) is 24.1 Å². The van der Waals surface area contributed by atoms with Gasteiger partial charge in [0.15, 0.2) is 0 Å². The Kier molecular flexibility index (Phi) is 6.82. The van der Waals surface area contributed by atoms with Crippen LogP contribution in [0.25, 0.3) is 0 Å². The molecular formula is C12H17NO2. The summed E-state index contributed by atoms with van der Waals surface area (Å²) >= 11 is 0. The zero-order valence-corrected chi connectivity index (χ0v) is 9.49. The number of allylic oxidation sites excluding steroid dienone is 3. The molecule has 0 aromatic carbocycles. The minimum atomic E-state index is -0.249. The van der Waals surface area contributed by atoms with Gasteiger partial charge in [0.25, 0.3) is 0 Å². The molecule has 0 saturated carbocycles. The van der Waals surface area contributed by atoms with Gasteiger partial charge in [0, 0.05) is 5.70 Å². The van der Waals surface area contributed by atoms with Gasteiger partial charge < -0.3 is 4.74 Å². The Labute approximate surface area is 91.4 Å². The number of terminal acetylenes is 1. The van der Waals surface area contributed by atoms with Gasteiger partial charge in [0.05, 0.1) is 6.54 Å². The third-order valence-electron chi connectivity index (χ3n) is 1.71. The first-order chi connectivity index (χ1) is 7.21. The zero-order chi connectivity index (χ0) is 11.7. The normalized spacial score (nSPS) is 15.7. The first-order valence-electron chi connectivity index (χ1n) is 4.81. The Hall–Kier alpha value is -1.69. The van der Waals surface area contributed by atoms with E-state index < -0.39 is 0 Å². The fourth-order valence-corrected chi connectivity index (χ4v) is 1.14. The highest BCUT2D eigenvalue weighted by Gasteiger charge is 2.23. The molecule has 1 amide bonds. The Morgan fingerprint density at radius 2 is 2.20 bits per heavy atom. The molecule has 0 N–H and O–H groups in total. The number of ether oxygens (including phenoxy) is 1. The van der Waals surface area contributed by atoms with Crippen LogP contribution in [0.5, 0.6) is 0 Å². The van der Waals surface area contributed by atoms with Crippen LogP contribution < -0.4 is 0 Å². The lowest BCUT2D eigenvalue weighted by Crippen LogP contribution is -2.22. The SMILES string of the molecule is C#CC.C/C=C\C(=C/C)N1CCOC1=O. The van der Waals surface area contributed by atoms with E-state index >= 15 is 0 Å². The highest BCUT2D eigenvalue weighted by molar-refractivity contribution is 5.72. The Morgan fingerprint density at radius 1 is 1.60 bits per heavy atom. The van der Waals surface area contributed by atoms with Crippen LogP contribution in [-0.2, 0) is 4.74 Å². The lowest BCUT2D eigenvalue weighted by atomic mass is 10.3. The lowest BCUT2D eigenvalue weighted by molar-refractivity contribution is 0.165. The second kappa shape index (κ2) is 7.69. The first kappa shape index (κ1) is 13.3. The third kappa shape index (κ3) is 4.37. The molecule has 1 saturated heterocycles. The number of nitrogens with zero attached hydrogens (tertiary/aromatic N) is 1. The number of cyclic esters (lactones) is 1. The summed E-state index contributed by atoms with van der Waals surface area (Å²) in [5.41, 5.74) is 0.903. The highest BCUT2D eigenvalue weighted by Crippen LogP contribution is 2.12. The van der Waals surface area contributed by atoms with Crippen LogP contribution in [0.4, 0.5) is 4.79 Å². The topological polar surface area (TPSA) is 29.5 Å². The smallest absolute Gasteiger partial charge is 0.414 e. The summed E-state index contributed by atoms with van der Waals surface area (Å²) < 4.78 is 4.81. The standard InChI is InChI=1S/C9H13NO2.C3H4/c1-3-5-8(4-2)10-6-7-12-9(10)11;1-3-2/h3-5H,6-7H2,1-2H3;1H,2H3/b5-3-,8-4+;. The van der Waals surface area contributed by atoms with Crippen molar-refractivity contribution in [3.63, 3.8) is 0 Å². The molecule has 1 aliphatic heterocycles. The fourth-order valence-electron chi connectivity index (χ4n) is 1.14. The largest absolute Gasteiger partial charge is 0.447 e. The number of hydrogen-bond acceptors (Lipinski definition) is 2. The van der Waals surface area contributed by atoms with Crippen molar-refractivity contribution in [3.05, 3.63) is 23.9 Å². The van der Waals surface area contributed by atoms with Crippen LogP contribution in [0, 0.1) is 12.3 Å². The van der Waals surface area contributed by atoms with E-state index in [0.717, 1.165) is 5.70 Å². The Morgan fingerprint density at radius 3 is 2.53 bits per heavy atom. The van der Waals surface area contributed by atoms with Gasteiger partial charge in [0.2, 0.25) is 0 Å². The van der Waals surface area contributed by atoms with Gasteiger partial charge >= 0.3 is 6.09 Å². The minimum absolute atomic E-state index is 0.249. The number of carbonyl (C=O) groups excluding carboxylic acids is 1. The summed E-state index contributed by atoms with van der Waals surface area (Å²) in [6.07, 6.45) is 10.0. The maximum Gasteiger partial charge on any atom is 0.414 e. The summed E-state index contributed by atoms with van der Waals surface area (Å²) in [6.45, 7) is 6.63. The fraction of sp³-hybridized carbons (Fsp3) is 0.417. The maximum absolute atomic E-state index is 11.1. The van der Waals surface area contributed by atoms with Gasteiger partial charge in [-0.2, -0.15) is 0 Å². The van der Waals surface area contributed by atoms with Crippen molar-refractivity contribution in [1.29, 1.82) is 0 Å². The van der Waals surface area contributed by atoms with Crippen LogP contribution in [0.3, 0.4) is 0 Å². The summed E-state index contributed by atoms with van der Waals surface area (Å²) in [7, 11) is 0. The minimum Gasteiger partial charge on any atom is -0.447 e. The van der Waals surface area contributed by atoms with E-state index in [1.807, 2.05) is 32.1 Å². The van der Waals surface area contributed by atoms with Crippen molar-refractivity contribution in [2.24, 2.45) is 0 Å². The zero-order valence-electron chi connectivity index (χ0n) is 9.49. The maximum atomic E-state index is 11.1. The molecule has 1 heterocycles. The molecule has 0 radical (unpaired) electrons. The molecule has 1 rings (SSSR count). The Balaban J connectivity index is 0.000000583. The predicted molar refractivity (Wildman–Crippen MR) is 61.1 cm³/mol. The average molecular weight is 207 g/mol. The van der Waals surface area contributed by atoms with E-state index in [2.05, 4.69) is 12.3 Å². The molecule has 0 aromatic rings. The van der Waals surface area contributed by atoms with Gasteiger partial charge in [-0.05, 0) is 26.8 Å². The quantitative estimate of drug-likeness (QED) is 0.514. The summed E-state index contributed by atoms with van der Waals surface area (Å²) in [5.74, 6) is 2.25. The first-order valence-corrected chi connectivity index (χ1v) is 4.81. The van der Waals surface area contributed by atoms with Gasteiger partial charge in [-0.3, -0.25) is 4.90 Å². The summed E-state index contributed by atoms with van der Waals surface area (Å²) in [5, 5.41) is 0. The predicted octanol–water partition coefficient (Wildman–Crippen LogP) is 2.56. The second-order valence-electron chi connectivity index (χ2n) is 2.77.